The molecule has 0 fully saturated rings. The van der Waals surface area contributed by atoms with Crippen LogP contribution in [0.2, 0.25) is 0 Å². The first kappa shape index (κ1) is 10.6. The van der Waals surface area contributed by atoms with Gasteiger partial charge in [0.15, 0.2) is 0 Å². The van der Waals surface area contributed by atoms with Gasteiger partial charge in [-0.15, -0.1) is 0 Å². The third-order valence-corrected chi connectivity index (χ3v) is 2.42. The standard InChI is InChI=1S/C11H15BrO/c1-11(2,3)7-8-4-5-9(12)10(13)6-8/h4-6,13H,7H2,1-3H3. The molecule has 0 amide bonds. The van der Waals surface area contributed by atoms with E-state index >= 15 is 0 Å². The molecule has 0 saturated carbocycles. The van der Waals surface area contributed by atoms with Crippen molar-refractivity contribution in [3.63, 3.8) is 0 Å². The molecule has 0 aromatic heterocycles. The molecule has 0 aliphatic rings. The largest absolute Gasteiger partial charge is 0.507 e. The molecule has 0 radical (unpaired) electrons. The molecule has 13 heavy (non-hydrogen) atoms. The van der Waals surface area contributed by atoms with Crippen LogP contribution in [0.15, 0.2) is 22.7 Å². The number of benzene rings is 1. The minimum absolute atomic E-state index is 0.264. The number of hydrogen-bond acceptors (Lipinski definition) is 1. The average molecular weight is 243 g/mol. The zero-order chi connectivity index (χ0) is 10.1. The molecule has 1 nitrogen and oxygen atoms in total. The zero-order valence-corrected chi connectivity index (χ0v) is 9.85. The second-order valence-electron chi connectivity index (χ2n) is 4.52. The van der Waals surface area contributed by atoms with Crippen LogP contribution in [0.25, 0.3) is 0 Å². The highest BCUT2D eigenvalue weighted by Crippen LogP contribution is 2.28. The summed E-state index contributed by atoms with van der Waals surface area (Å²) >= 11 is 3.26. The summed E-state index contributed by atoms with van der Waals surface area (Å²) in [6.45, 7) is 6.56. The summed E-state index contributed by atoms with van der Waals surface area (Å²) in [4.78, 5) is 0. The Morgan fingerprint density at radius 2 is 1.92 bits per heavy atom. The van der Waals surface area contributed by atoms with E-state index in [9.17, 15) is 5.11 Å². The number of aromatic hydroxyl groups is 1. The molecule has 0 saturated heterocycles. The lowest BCUT2D eigenvalue weighted by Crippen LogP contribution is -2.08. The first-order chi connectivity index (χ1) is 5.88. The molecule has 0 unspecified atom stereocenters. The molecular formula is C11H15BrO. The quantitative estimate of drug-likeness (QED) is 0.796. The lowest BCUT2D eigenvalue weighted by molar-refractivity contribution is 0.409. The van der Waals surface area contributed by atoms with Crippen LogP contribution in [0.4, 0.5) is 0 Å². The number of halogens is 1. The number of phenolic OH excluding ortho intramolecular Hbond substituents is 1. The summed E-state index contributed by atoms with van der Waals surface area (Å²) in [5.41, 5.74) is 1.44. The molecule has 1 rings (SSSR count). The summed E-state index contributed by atoms with van der Waals surface area (Å²) in [5.74, 6) is 0.321. The van der Waals surface area contributed by atoms with Crippen molar-refractivity contribution in [3.05, 3.63) is 28.2 Å². The van der Waals surface area contributed by atoms with Gasteiger partial charge in [-0.2, -0.15) is 0 Å². The van der Waals surface area contributed by atoms with Gasteiger partial charge in [-0.1, -0.05) is 26.8 Å². The van der Waals surface area contributed by atoms with Crippen molar-refractivity contribution in [3.8, 4) is 5.75 Å². The summed E-state index contributed by atoms with van der Waals surface area (Å²) in [6, 6.07) is 5.74. The van der Waals surface area contributed by atoms with Crippen molar-refractivity contribution in [1.29, 1.82) is 0 Å². The molecule has 2 heteroatoms. The first-order valence-electron chi connectivity index (χ1n) is 4.36. The van der Waals surface area contributed by atoms with Crippen LogP contribution in [-0.4, -0.2) is 5.11 Å². The molecular weight excluding hydrogens is 228 g/mol. The van der Waals surface area contributed by atoms with Crippen LogP contribution in [0.5, 0.6) is 5.75 Å². The number of hydrogen-bond donors (Lipinski definition) is 1. The van der Waals surface area contributed by atoms with Gasteiger partial charge in [0.05, 0.1) is 4.47 Å². The van der Waals surface area contributed by atoms with Gasteiger partial charge in [0.1, 0.15) is 5.75 Å². The van der Waals surface area contributed by atoms with Crippen LogP contribution in [-0.2, 0) is 6.42 Å². The lowest BCUT2D eigenvalue weighted by atomic mass is 9.88. The Balaban J connectivity index is 2.86. The Hall–Kier alpha value is -0.500. The Kier molecular flexibility index (Phi) is 3.01. The van der Waals surface area contributed by atoms with E-state index in [1.165, 1.54) is 5.56 Å². The predicted octanol–water partition coefficient (Wildman–Crippen LogP) is 3.74. The fourth-order valence-corrected chi connectivity index (χ4v) is 1.53. The minimum Gasteiger partial charge on any atom is -0.507 e. The smallest absolute Gasteiger partial charge is 0.130 e. The molecule has 1 N–H and O–H groups in total. The van der Waals surface area contributed by atoms with Crippen LogP contribution in [0, 0.1) is 5.41 Å². The zero-order valence-electron chi connectivity index (χ0n) is 8.26. The van der Waals surface area contributed by atoms with Crippen molar-refractivity contribution in [1.82, 2.24) is 0 Å². The van der Waals surface area contributed by atoms with Gasteiger partial charge in [0, 0.05) is 0 Å². The summed E-state index contributed by atoms with van der Waals surface area (Å²) < 4.78 is 0.755. The van der Waals surface area contributed by atoms with Crippen LogP contribution < -0.4 is 0 Å². The Morgan fingerprint density at radius 3 is 2.38 bits per heavy atom. The maximum Gasteiger partial charge on any atom is 0.130 e. The first-order valence-corrected chi connectivity index (χ1v) is 5.15. The van der Waals surface area contributed by atoms with Crippen LogP contribution in [0.3, 0.4) is 0 Å². The fraction of sp³-hybridized carbons (Fsp3) is 0.455. The molecule has 72 valence electrons. The molecule has 1 aromatic carbocycles. The molecule has 0 heterocycles. The maximum absolute atomic E-state index is 9.45. The van der Waals surface area contributed by atoms with Crippen molar-refractivity contribution >= 4 is 15.9 Å². The maximum atomic E-state index is 9.45. The van der Waals surface area contributed by atoms with Gasteiger partial charge in [0.2, 0.25) is 0 Å². The second kappa shape index (κ2) is 3.70. The summed E-state index contributed by atoms with van der Waals surface area (Å²) in [6.07, 6.45) is 0.980. The van der Waals surface area contributed by atoms with Crippen LogP contribution >= 0.6 is 15.9 Å². The SMILES string of the molecule is CC(C)(C)Cc1ccc(Br)c(O)c1. The van der Waals surface area contributed by atoms with Gasteiger partial charge in [-0.05, 0) is 45.5 Å². The van der Waals surface area contributed by atoms with E-state index in [1.54, 1.807) is 0 Å². The second-order valence-corrected chi connectivity index (χ2v) is 5.38. The van der Waals surface area contributed by atoms with E-state index in [4.69, 9.17) is 0 Å². The van der Waals surface area contributed by atoms with Crippen molar-refractivity contribution < 1.29 is 5.11 Å². The average Bonchev–Trinajstić information content (AvgIpc) is 1.94. The minimum atomic E-state index is 0.264. The summed E-state index contributed by atoms with van der Waals surface area (Å²) in [5, 5.41) is 9.45. The molecule has 1 aromatic rings. The molecule has 0 spiro atoms. The Labute approximate surface area is 87.9 Å². The van der Waals surface area contributed by atoms with Crippen molar-refractivity contribution in [2.75, 3.05) is 0 Å². The van der Waals surface area contributed by atoms with Gasteiger partial charge in [-0.25, -0.2) is 0 Å². The molecule has 0 aliphatic carbocycles. The van der Waals surface area contributed by atoms with E-state index in [2.05, 4.69) is 36.7 Å². The highest BCUT2D eigenvalue weighted by atomic mass is 79.9. The van der Waals surface area contributed by atoms with Gasteiger partial charge in [0.25, 0.3) is 0 Å². The van der Waals surface area contributed by atoms with E-state index in [-0.39, 0.29) is 5.41 Å². The summed E-state index contributed by atoms with van der Waals surface area (Å²) in [7, 11) is 0. The van der Waals surface area contributed by atoms with E-state index in [0.717, 1.165) is 10.9 Å². The third-order valence-electron chi connectivity index (χ3n) is 1.75. The van der Waals surface area contributed by atoms with Gasteiger partial charge < -0.3 is 5.11 Å². The van der Waals surface area contributed by atoms with Gasteiger partial charge >= 0.3 is 0 Å². The topological polar surface area (TPSA) is 20.2 Å². The Morgan fingerprint density at radius 1 is 1.31 bits per heavy atom. The normalized spacial score (nSPS) is 11.7. The van der Waals surface area contributed by atoms with E-state index < -0.39 is 0 Å². The Bertz CT molecular complexity index is 299. The van der Waals surface area contributed by atoms with Crippen molar-refractivity contribution in [2.45, 2.75) is 27.2 Å². The van der Waals surface area contributed by atoms with E-state index in [1.807, 2.05) is 18.2 Å². The fourth-order valence-electron chi connectivity index (χ4n) is 1.28. The highest BCUT2D eigenvalue weighted by molar-refractivity contribution is 9.10. The van der Waals surface area contributed by atoms with Gasteiger partial charge in [-0.3, -0.25) is 0 Å². The number of rotatable bonds is 1. The monoisotopic (exact) mass is 242 g/mol. The highest BCUT2D eigenvalue weighted by Gasteiger charge is 2.11. The van der Waals surface area contributed by atoms with E-state index in [0.29, 0.717) is 5.75 Å². The van der Waals surface area contributed by atoms with Crippen LogP contribution in [0.1, 0.15) is 26.3 Å². The van der Waals surface area contributed by atoms with Crippen molar-refractivity contribution in [2.24, 2.45) is 5.41 Å². The number of phenols is 1. The molecule has 0 atom stereocenters. The molecule has 0 aliphatic heterocycles. The predicted molar refractivity (Wildman–Crippen MR) is 59.0 cm³/mol. The molecule has 0 bridgehead atoms. The lowest BCUT2D eigenvalue weighted by Gasteiger charge is -2.18. The third kappa shape index (κ3) is 3.39.